The van der Waals surface area contributed by atoms with Crippen molar-refractivity contribution in [3.63, 3.8) is 0 Å². The Morgan fingerprint density at radius 3 is 2.93 bits per heavy atom. The molecule has 0 bridgehead atoms. The Balaban J connectivity index is 1.89. The molecule has 0 fully saturated rings. The highest BCUT2D eigenvalue weighted by Crippen LogP contribution is 2.36. The molecule has 142 valence electrons. The highest BCUT2D eigenvalue weighted by atomic mass is 32.2. The van der Waals surface area contributed by atoms with E-state index in [9.17, 15) is 4.79 Å². The fourth-order valence-corrected chi connectivity index (χ4v) is 5.98. The summed E-state index contributed by atoms with van der Waals surface area (Å²) in [5, 5.41) is 1.63. The summed E-state index contributed by atoms with van der Waals surface area (Å²) in [6.07, 6.45) is 4.16. The van der Waals surface area contributed by atoms with Gasteiger partial charge >= 0.3 is 0 Å². The van der Waals surface area contributed by atoms with Crippen LogP contribution in [0.1, 0.15) is 34.4 Å². The van der Waals surface area contributed by atoms with E-state index in [1.807, 2.05) is 10.6 Å². The lowest BCUT2D eigenvalue weighted by Crippen LogP contribution is -2.22. The third kappa shape index (κ3) is 3.46. The van der Waals surface area contributed by atoms with Gasteiger partial charge in [0.05, 0.1) is 11.1 Å². The van der Waals surface area contributed by atoms with Crippen molar-refractivity contribution in [3.05, 3.63) is 50.1 Å². The normalized spacial score (nSPS) is 13.4. The number of hydrogen-bond acceptors (Lipinski definition) is 5. The molecule has 6 heteroatoms. The van der Waals surface area contributed by atoms with Crippen molar-refractivity contribution in [3.8, 4) is 5.69 Å². The van der Waals surface area contributed by atoms with E-state index < -0.39 is 0 Å². The van der Waals surface area contributed by atoms with Crippen LogP contribution in [0.5, 0.6) is 0 Å². The molecule has 4 nitrogen and oxygen atoms in total. The second-order valence-corrected chi connectivity index (χ2v) is 9.20. The Morgan fingerprint density at radius 1 is 1.30 bits per heavy atom. The smallest absolute Gasteiger partial charge is 0.267 e. The largest absolute Gasteiger partial charge is 0.385 e. The van der Waals surface area contributed by atoms with E-state index in [2.05, 4.69) is 26.0 Å². The fraction of sp³-hybridized carbons (Fsp3) is 0.429. The minimum atomic E-state index is 0.0839. The van der Waals surface area contributed by atoms with Crippen LogP contribution in [-0.2, 0) is 17.6 Å². The molecule has 0 aliphatic heterocycles. The minimum absolute atomic E-state index is 0.0839. The Hall–Kier alpha value is -1.63. The van der Waals surface area contributed by atoms with Gasteiger partial charge in [0.15, 0.2) is 5.16 Å². The van der Waals surface area contributed by atoms with E-state index in [1.165, 1.54) is 16.0 Å². The van der Waals surface area contributed by atoms with E-state index >= 15 is 0 Å². The number of aryl methyl sites for hydroxylation is 4. The van der Waals surface area contributed by atoms with Gasteiger partial charge in [0.1, 0.15) is 4.83 Å². The monoisotopic (exact) mass is 400 g/mol. The molecule has 2 aromatic heterocycles. The van der Waals surface area contributed by atoms with Crippen LogP contribution in [0.3, 0.4) is 0 Å². The Morgan fingerprint density at radius 2 is 2.15 bits per heavy atom. The van der Waals surface area contributed by atoms with E-state index in [1.54, 1.807) is 30.2 Å². The molecule has 4 rings (SSSR count). The van der Waals surface area contributed by atoms with Gasteiger partial charge in [-0.2, -0.15) is 0 Å². The van der Waals surface area contributed by atoms with Crippen LogP contribution in [0.15, 0.2) is 28.2 Å². The predicted octanol–water partition coefficient (Wildman–Crippen LogP) is 4.68. The summed E-state index contributed by atoms with van der Waals surface area (Å²) in [6.45, 7) is 4.86. The van der Waals surface area contributed by atoms with Gasteiger partial charge in [-0.05, 0) is 56.7 Å². The average Bonchev–Trinajstić information content (AvgIpc) is 3.20. The minimum Gasteiger partial charge on any atom is -0.385 e. The lowest BCUT2D eigenvalue weighted by Gasteiger charge is -2.15. The Labute approximate surface area is 167 Å². The third-order valence-corrected chi connectivity index (χ3v) is 7.24. The molecule has 1 aromatic carbocycles. The molecule has 0 atom stereocenters. The molecule has 1 aliphatic carbocycles. The van der Waals surface area contributed by atoms with Crippen molar-refractivity contribution in [2.75, 3.05) is 19.5 Å². The summed E-state index contributed by atoms with van der Waals surface area (Å²) in [5.41, 5.74) is 4.56. The number of benzene rings is 1. The average molecular weight is 401 g/mol. The van der Waals surface area contributed by atoms with E-state index in [0.29, 0.717) is 0 Å². The van der Waals surface area contributed by atoms with Gasteiger partial charge in [0.2, 0.25) is 0 Å². The number of fused-ring (bicyclic) bond motifs is 3. The van der Waals surface area contributed by atoms with Crippen LogP contribution in [-0.4, -0.2) is 29.0 Å². The van der Waals surface area contributed by atoms with E-state index in [-0.39, 0.29) is 5.56 Å². The molecule has 27 heavy (non-hydrogen) atoms. The van der Waals surface area contributed by atoms with Crippen LogP contribution < -0.4 is 5.56 Å². The molecule has 0 unspecified atom stereocenters. The number of thiophene rings is 1. The molecule has 0 N–H and O–H groups in total. The molecule has 1 aliphatic rings. The zero-order chi connectivity index (χ0) is 19.0. The number of rotatable bonds is 6. The van der Waals surface area contributed by atoms with Crippen molar-refractivity contribution >= 4 is 33.3 Å². The number of ether oxygens (including phenoxy) is 1. The summed E-state index contributed by atoms with van der Waals surface area (Å²) in [6, 6.07) is 6.24. The maximum Gasteiger partial charge on any atom is 0.267 e. The molecule has 0 saturated heterocycles. The first-order chi connectivity index (χ1) is 13.1. The highest BCUT2D eigenvalue weighted by molar-refractivity contribution is 7.99. The van der Waals surface area contributed by atoms with Crippen LogP contribution in [0.4, 0.5) is 0 Å². The Bertz CT molecular complexity index is 1050. The topological polar surface area (TPSA) is 44.1 Å². The van der Waals surface area contributed by atoms with Crippen LogP contribution in [0, 0.1) is 13.8 Å². The van der Waals surface area contributed by atoms with Gasteiger partial charge in [-0.15, -0.1) is 11.3 Å². The Kier molecular flexibility index (Phi) is 5.39. The molecular weight excluding hydrogens is 376 g/mol. The van der Waals surface area contributed by atoms with Crippen LogP contribution >= 0.6 is 23.1 Å². The van der Waals surface area contributed by atoms with Gasteiger partial charge in [0, 0.05) is 24.3 Å². The van der Waals surface area contributed by atoms with Crippen LogP contribution in [0.2, 0.25) is 0 Å². The highest BCUT2D eigenvalue weighted by Gasteiger charge is 2.24. The first kappa shape index (κ1) is 18.7. The summed E-state index contributed by atoms with van der Waals surface area (Å²) in [5.74, 6) is 0.877. The molecule has 0 amide bonds. The zero-order valence-electron chi connectivity index (χ0n) is 16.0. The third-order valence-electron chi connectivity index (χ3n) is 5.03. The number of nitrogens with zero attached hydrogens (tertiary/aromatic N) is 2. The summed E-state index contributed by atoms with van der Waals surface area (Å²) in [4.78, 5) is 20.8. The van der Waals surface area contributed by atoms with Crippen molar-refractivity contribution in [1.29, 1.82) is 0 Å². The lowest BCUT2D eigenvalue weighted by molar-refractivity contribution is 0.200. The quantitative estimate of drug-likeness (QED) is 0.342. The molecular formula is C21H24N2O2S2. The molecule has 0 spiro atoms. The summed E-state index contributed by atoms with van der Waals surface area (Å²) in [7, 11) is 1.72. The number of methoxy groups -OCH3 is 1. The lowest BCUT2D eigenvalue weighted by atomic mass is 10.1. The molecule has 0 radical (unpaired) electrons. The predicted molar refractivity (Wildman–Crippen MR) is 114 cm³/mol. The standard InChI is InChI=1S/C21H24N2O2S2/c1-13-8-9-16(14(2)12-13)23-20(24)18-15-6-4-7-17(15)27-19(18)22-21(23)26-11-5-10-25-3/h8-9,12H,4-7,10-11H2,1-3H3. The molecule has 3 aromatic rings. The molecule has 0 saturated carbocycles. The van der Waals surface area contributed by atoms with Crippen molar-refractivity contribution in [2.45, 2.75) is 44.7 Å². The molecule has 2 heterocycles. The van der Waals surface area contributed by atoms with E-state index in [4.69, 9.17) is 9.72 Å². The fourth-order valence-electron chi connectivity index (χ4n) is 3.76. The summed E-state index contributed by atoms with van der Waals surface area (Å²) >= 11 is 3.35. The zero-order valence-corrected chi connectivity index (χ0v) is 17.6. The van der Waals surface area contributed by atoms with Crippen molar-refractivity contribution in [1.82, 2.24) is 9.55 Å². The van der Waals surface area contributed by atoms with Gasteiger partial charge < -0.3 is 4.74 Å². The van der Waals surface area contributed by atoms with Gasteiger partial charge in [-0.3, -0.25) is 9.36 Å². The number of aromatic nitrogens is 2. The van der Waals surface area contributed by atoms with Crippen molar-refractivity contribution in [2.24, 2.45) is 0 Å². The number of thioether (sulfide) groups is 1. The van der Waals surface area contributed by atoms with Gasteiger partial charge in [-0.1, -0.05) is 29.5 Å². The maximum atomic E-state index is 13.6. The summed E-state index contributed by atoms with van der Waals surface area (Å²) < 4.78 is 7.00. The first-order valence-corrected chi connectivity index (χ1v) is 11.2. The first-order valence-electron chi connectivity index (χ1n) is 9.37. The second-order valence-electron chi connectivity index (χ2n) is 7.06. The van der Waals surface area contributed by atoms with Crippen LogP contribution in [0.25, 0.3) is 15.9 Å². The number of hydrogen-bond donors (Lipinski definition) is 0. The van der Waals surface area contributed by atoms with Crippen molar-refractivity contribution < 1.29 is 4.74 Å². The maximum absolute atomic E-state index is 13.6. The van der Waals surface area contributed by atoms with E-state index in [0.717, 1.165) is 64.7 Å². The van der Waals surface area contributed by atoms with Gasteiger partial charge in [-0.25, -0.2) is 4.98 Å². The van der Waals surface area contributed by atoms with Gasteiger partial charge in [0.25, 0.3) is 5.56 Å². The second kappa shape index (κ2) is 7.78. The SMILES string of the molecule is COCCCSc1nc2sc3c(c2c(=O)n1-c1ccc(C)cc1C)CCC3.